The van der Waals surface area contributed by atoms with E-state index >= 15 is 0 Å². The highest BCUT2D eigenvalue weighted by atomic mass is 32.1. The Morgan fingerprint density at radius 2 is 2.00 bits per heavy atom. The first kappa shape index (κ1) is 15.5. The van der Waals surface area contributed by atoms with Gasteiger partial charge in [0.15, 0.2) is 0 Å². The zero-order chi connectivity index (χ0) is 15.6. The number of thiophene rings is 1. The summed E-state index contributed by atoms with van der Waals surface area (Å²) in [5.74, 6) is -0.727. The van der Waals surface area contributed by atoms with E-state index in [0.29, 0.717) is 0 Å². The molecule has 0 saturated carbocycles. The fraction of sp³-hybridized carbons (Fsp3) is 0.312. The van der Waals surface area contributed by atoms with Gasteiger partial charge in [0.2, 0.25) is 5.91 Å². The van der Waals surface area contributed by atoms with Gasteiger partial charge in [-0.3, -0.25) is 4.79 Å². The van der Waals surface area contributed by atoms with Crippen LogP contribution >= 0.6 is 11.3 Å². The molecule has 0 bridgehead atoms. The molecule has 2 aromatic rings. The highest BCUT2D eigenvalue weighted by Gasteiger charge is 2.12. The first-order valence-electron chi connectivity index (χ1n) is 6.77. The number of anilines is 2. The second-order valence-electron chi connectivity index (χ2n) is 5.11. The monoisotopic (exact) mass is 306 g/mol. The maximum atomic E-state index is 13.6. The molecule has 0 aliphatic rings. The number of hydrogen-bond acceptors (Lipinski definition) is 3. The van der Waals surface area contributed by atoms with E-state index in [4.69, 9.17) is 0 Å². The smallest absolute Gasteiger partial charge is 0.221 e. The molecular weight excluding hydrogens is 287 g/mol. The number of aryl methyl sites for hydroxylation is 2. The molecule has 0 fully saturated rings. The van der Waals surface area contributed by atoms with Crippen LogP contribution in [0.5, 0.6) is 0 Å². The van der Waals surface area contributed by atoms with Crippen LogP contribution in [0.2, 0.25) is 0 Å². The molecule has 112 valence electrons. The van der Waals surface area contributed by atoms with Gasteiger partial charge in [0.05, 0.1) is 5.69 Å². The number of carbonyl (C=O) groups excluding carboxylic acids is 1. The molecule has 0 saturated heterocycles. The van der Waals surface area contributed by atoms with Gasteiger partial charge in [0.25, 0.3) is 0 Å². The third kappa shape index (κ3) is 3.82. The van der Waals surface area contributed by atoms with E-state index in [1.54, 1.807) is 23.5 Å². The van der Waals surface area contributed by atoms with Crippen molar-refractivity contribution in [3.8, 4) is 0 Å². The van der Waals surface area contributed by atoms with Gasteiger partial charge in [-0.25, -0.2) is 4.39 Å². The molecule has 0 aliphatic heterocycles. The van der Waals surface area contributed by atoms with E-state index in [1.165, 1.54) is 28.3 Å². The van der Waals surface area contributed by atoms with Crippen molar-refractivity contribution in [2.75, 3.05) is 10.6 Å². The van der Waals surface area contributed by atoms with Crippen molar-refractivity contribution < 1.29 is 9.18 Å². The summed E-state index contributed by atoms with van der Waals surface area (Å²) in [6, 6.07) is 6.92. The minimum absolute atomic E-state index is 0.116. The van der Waals surface area contributed by atoms with Gasteiger partial charge in [0, 0.05) is 28.4 Å². The summed E-state index contributed by atoms with van der Waals surface area (Å²) in [4.78, 5) is 13.6. The fourth-order valence-electron chi connectivity index (χ4n) is 2.31. The zero-order valence-corrected chi connectivity index (χ0v) is 13.4. The minimum atomic E-state index is -0.439. The fourth-order valence-corrected chi connectivity index (χ4v) is 3.33. The first-order valence-corrected chi connectivity index (χ1v) is 7.59. The molecule has 5 heteroatoms. The lowest BCUT2D eigenvalue weighted by molar-refractivity contribution is -0.114. The minimum Gasteiger partial charge on any atom is -0.378 e. The Morgan fingerprint density at radius 3 is 2.57 bits per heavy atom. The number of nitrogens with one attached hydrogen (secondary N) is 2. The van der Waals surface area contributed by atoms with Gasteiger partial charge in [-0.1, -0.05) is 0 Å². The van der Waals surface area contributed by atoms with Crippen LogP contribution in [0.15, 0.2) is 24.3 Å². The van der Waals surface area contributed by atoms with Crippen molar-refractivity contribution in [2.45, 2.75) is 33.7 Å². The number of hydrogen-bond donors (Lipinski definition) is 2. The van der Waals surface area contributed by atoms with E-state index < -0.39 is 5.82 Å². The lowest BCUT2D eigenvalue weighted by atomic mass is 10.1. The third-order valence-corrected chi connectivity index (χ3v) is 4.19. The lowest BCUT2D eigenvalue weighted by Gasteiger charge is -2.16. The van der Waals surface area contributed by atoms with Crippen LogP contribution < -0.4 is 10.6 Å². The molecule has 1 aromatic heterocycles. The highest BCUT2D eigenvalue weighted by molar-refractivity contribution is 7.12. The second kappa shape index (κ2) is 6.26. The van der Waals surface area contributed by atoms with Crippen molar-refractivity contribution >= 4 is 28.6 Å². The number of halogens is 1. The Balaban J connectivity index is 2.19. The lowest BCUT2D eigenvalue weighted by Crippen LogP contribution is -2.10. The number of rotatable bonds is 4. The molecule has 1 atom stereocenters. The number of benzene rings is 1. The van der Waals surface area contributed by atoms with Gasteiger partial charge in [0.1, 0.15) is 5.82 Å². The molecule has 1 unspecified atom stereocenters. The average Bonchev–Trinajstić information content (AvgIpc) is 2.72. The topological polar surface area (TPSA) is 41.1 Å². The van der Waals surface area contributed by atoms with Crippen LogP contribution in [0.4, 0.5) is 15.8 Å². The van der Waals surface area contributed by atoms with Gasteiger partial charge in [-0.2, -0.15) is 0 Å². The van der Waals surface area contributed by atoms with Crippen LogP contribution in [-0.4, -0.2) is 5.91 Å². The van der Waals surface area contributed by atoms with Crippen LogP contribution in [0.3, 0.4) is 0 Å². The Labute approximate surface area is 128 Å². The molecule has 2 N–H and O–H groups in total. The van der Waals surface area contributed by atoms with Crippen molar-refractivity contribution in [2.24, 2.45) is 0 Å². The van der Waals surface area contributed by atoms with Crippen LogP contribution in [0.1, 0.15) is 35.2 Å². The van der Waals surface area contributed by atoms with Gasteiger partial charge < -0.3 is 10.6 Å². The van der Waals surface area contributed by atoms with Crippen LogP contribution in [0, 0.1) is 19.7 Å². The summed E-state index contributed by atoms with van der Waals surface area (Å²) in [7, 11) is 0. The maximum Gasteiger partial charge on any atom is 0.221 e. The Hall–Kier alpha value is -1.88. The molecule has 1 heterocycles. The van der Waals surface area contributed by atoms with Crippen molar-refractivity contribution in [3.05, 3.63) is 45.4 Å². The predicted octanol–water partition coefficient (Wildman–Crippen LogP) is 4.64. The third-order valence-electron chi connectivity index (χ3n) is 3.21. The summed E-state index contributed by atoms with van der Waals surface area (Å²) in [5, 5.41) is 5.83. The van der Waals surface area contributed by atoms with Crippen molar-refractivity contribution in [3.63, 3.8) is 0 Å². The van der Waals surface area contributed by atoms with Gasteiger partial charge >= 0.3 is 0 Å². The number of amides is 1. The van der Waals surface area contributed by atoms with Crippen LogP contribution in [0.25, 0.3) is 0 Å². The first-order chi connectivity index (χ1) is 9.86. The van der Waals surface area contributed by atoms with E-state index in [1.807, 2.05) is 0 Å². The van der Waals surface area contributed by atoms with E-state index in [2.05, 4.69) is 37.5 Å². The van der Waals surface area contributed by atoms with Gasteiger partial charge in [-0.05, 0) is 50.6 Å². The summed E-state index contributed by atoms with van der Waals surface area (Å²) in [5.41, 5.74) is 2.21. The summed E-state index contributed by atoms with van der Waals surface area (Å²) in [6.07, 6.45) is 0. The highest BCUT2D eigenvalue weighted by Crippen LogP contribution is 2.29. The summed E-state index contributed by atoms with van der Waals surface area (Å²) < 4.78 is 13.6. The Bertz CT molecular complexity index is 666. The normalized spacial score (nSPS) is 12.0. The average molecular weight is 306 g/mol. The molecule has 21 heavy (non-hydrogen) atoms. The Kier molecular flexibility index (Phi) is 4.63. The molecule has 3 nitrogen and oxygen atoms in total. The van der Waals surface area contributed by atoms with E-state index in [9.17, 15) is 9.18 Å². The molecule has 1 amide bonds. The molecule has 2 rings (SSSR count). The molecule has 0 aliphatic carbocycles. The molecule has 1 aromatic carbocycles. The van der Waals surface area contributed by atoms with E-state index in [-0.39, 0.29) is 17.6 Å². The van der Waals surface area contributed by atoms with Crippen LogP contribution in [-0.2, 0) is 4.79 Å². The van der Waals surface area contributed by atoms with Gasteiger partial charge in [-0.15, -0.1) is 11.3 Å². The summed E-state index contributed by atoms with van der Waals surface area (Å²) >= 11 is 1.77. The number of carbonyl (C=O) groups is 1. The summed E-state index contributed by atoms with van der Waals surface area (Å²) in [6.45, 7) is 7.61. The zero-order valence-electron chi connectivity index (χ0n) is 12.6. The standard InChI is InChI=1S/C16H19FN2OS/c1-9-7-14(11(3)21-9)10(2)18-13-5-6-15(17)16(8-13)19-12(4)20/h5-8,10,18H,1-4H3,(H,19,20). The van der Waals surface area contributed by atoms with E-state index in [0.717, 1.165) is 5.69 Å². The molecule has 0 spiro atoms. The predicted molar refractivity (Wildman–Crippen MR) is 86.5 cm³/mol. The molecule has 0 radical (unpaired) electrons. The second-order valence-corrected chi connectivity index (χ2v) is 6.57. The van der Waals surface area contributed by atoms with Crippen molar-refractivity contribution in [1.29, 1.82) is 0 Å². The quantitative estimate of drug-likeness (QED) is 0.864. The largest absolute Gasteiger partial charge is 0.378 e. The SMILES string of the molecule is CC(=O)Nc1cc(NC(C)c2cc(C)sc2C)ccc1F. The Morgan fingerprint density at radius 1 is 1.29 bits per heavy atom. The molecular formula is C16H19FN2OS. The maximum absolute atomic E-state index is 13.6. The van der Waals surface area contributed by atoms with Crippen molar-refractivity contribution in [1.82, 2.24) is 0 Å².